The second-order valence-corrected chi connectivity index (χ2v) is 7.71. The summed E-state index contributed by atoms with van der Waals surface area (Å²) in [6.07, 6.45) is 1.98. The molecule has 0 saturated carbocycles. The molecular weight excluding hydrogens is 354 g/mol. The molecule has 0 aliphatic carbocycles. The topological polar surface area (TPSA) is 74.6 Å². The molecule has 1 aliphatic heterocycles. The van der Waals surface area contributed by atoms with Gasteiger partial charge in [-0.15, -0.1) is 0 Å². The smallest absolute Gasteiger partial charge is 0.317 e. The van der Waals surface area contributed by atoms with E-state index < -0.39 is 0 Å². The summed E-state index contributed by atoms with van der Waals surface area (Å²) >= 11 is 0. The second-order valence-electron chi connectivity index (χ2n) is 7.71. The van der Waals surface area contributed by atoms with Crippen LogP contribution in [0.5, 0.6) is 0 Å². The van der Waals surface area contributed by atoms with Gasteiger partial charge < -0.3 is 20.0 Å². The van der Waals surface area contributed by atoms with Crippen LogP contribution in [0.1, 0.15) is 60.0 Å². The van der Waals surface area contributed by atoms with E-state index in [1.165, 1.54) is 0 Å². The minimum Gasteiger partial charge on any atom is -0.465 e. The Kier molecular flexibility index (Phi) is 6.39. The van der Waals surface area contributed by atoms with Crippen molar-refractivity contribution in [2.75, 3.05) is 13.1 Å². The number of furan rings is 1. The largest absolute Gasteiger partial charge is 0.465 e. The summed E-state index contributed by atoms with van der Waals surface area (Å²) in [6.45, 7) is 7.62. The van der Waals surface area contributed by atoms with Crippen LogP contribution in [-0.2, 0) is 6.54 Å². The zero-order chi connectivity index (χ0) is 20.1. The summed E-state index contributed by atoms with van der Waals surface area (Å²) in [7, 11) is 0. The fraction of sp³-hybridized carbons (Fsp3) is 0.455. The van der Waals surface area contributed by atoms with Gasteiger partial charge in [0.05, 0.1) is 6.54 Å². The van der Waals surface area contributed by atoms with Crippen molar-refractivity contribution >= 4 is 11.9 Å². The van der Waals surface area contributed by atoms with Crippen LogP contribution in [0.15, 0.2) is 40.8 Å². The second kappa shape index (κ2) is 8.95. The summed E-state index contributed by atoms with van der Waals surface area (Å²) < 4.78 is 5.49. The Labute approximate surface area is 166 Å². The van der Waals surface area contributed by atoms with Gasteiger partial charge in [0.15, 0.2) is 0 Å². The van der Waals surface area contributed by atoms with E-state index in [-0.39, 0.29) is 23.9 Å². The third-order valence-corrected chi connectivity index (χ3v) is 4.96. The van der Waals surface area contributed by atoms with E-state index in [1.807, 2.05) is 62.1 Å². The number of rotatable bonds is 5. The predicted molar refractivity (Wildman–Crippen MR) is 108 cm³/mol. The zero-order valence-corrected chi connectivity index (χ0v) is 16.8. The van der Waals surface area contributed by atoms with Crippen molar-refractivity contribution in [2.45, 2.75) is 52.1 Å². The molecule has 2 N–H and O–H groups in total. The van der Waals surface area contributed by atoms with E-state index in [1.54, 1.807) is 0 Å². The van der Waals surface area contributed by atoms with Crippen molar-refractivity contribution in [1.82, 2.24) is 15.5 Å². The summed E-state index contributed by atoms with van der Waals surface area (Å²) in [5.41, 5.74) is 1.73. The highest BCUT2D eigenvalue weighted by molar-refractivity contribution is 5.94. The van der Waals surface area contributed by atoms with E-state index >= 15 is 0 Å². The van der Waals surface area contributed by atoms with Crippen molar-refractivity contribution in [2.24, 2.45) is 0 Å². The quantitative estimate of drug-likeness (QED) is 0.824. The van der Waals surface area contributed by atoms with E-state index in [9.17, 15) is 9.59 Å². The van der Waals surface area contributed by atoms with Gasteiger partial charge in [0, 0.05) is 30.6 Å². The van der Waals surface area contributed by atoms with Crippen LogP contribution in [0.4, 0.5) is 4.79 Å². The number of amides is 3. The van der Waals surface area contributed by atoms with Gasteiger partial charge in [-0.3, -0.25) is 4.79 Å². The third-order valence-electron chi connectivity index (χ3n) is 4.96. The first-order chi connectivity index (χ1) is 13.4. The number of aryl methyl sites for hydroxylation is 1. The molecule has 1 fully saturated rings. The molecule has 150 valence electrons. The fourth-order valence-corrected chi connectivity index (χ4v) is 3.56. The molecule has 0 bridgehead atoms. The molecule has 1 atom stereocenters. The SMILES string of the molecule is Cc1ccc(CNC(=O)c2cccc([C@H]3CCCN(C(=O)NC(C)C)C3)c2)o1. The van der Waals surface area contributed by atoms with Gasteiger partial charge in [0.25, 0.3) is 5.91 Å². The van der Waals surface area contributed by atoms with Crippen molar-refractivity contribution in [3.63, 3.8) is 0 Å². The minimum atomic E-state index is -0.124. The normalized spacial score (nSPS) is 16.9. The van der Waals surface area contributed by atoms with Crippen LogP contribution in [0.3, 0.4) is 0 Å². The van der Waals surface area contributed by atoms with Gasteiger partial charge in [-0.2, -0.15) is 0 Å². The van der Waals surface area contributed by atoms with E-state index in [0.29, 0.717) is 18.7 Å². The van der Waals surface area contributed by atoms with Gasteiger partial charge in [-0.25, -0.2) is 4.79 Å². The van der Waals surface area contributed by atoms with Crippen LogP contribution < -0.4 is 10.6 Å². The van der Waals surface area contributed by atoms with Crippen LogP contribution in [0, 0.1) is 6.92 Å². The molecule has 0 spiro atoms. The maximum absolute atomic E-state index is 12.5. The molecule has 6 heteroatoms. The lowest BCUT2D eigenvalue weighted by atomic mass is 9.89. The van der Waals surface area contributed by atoms with Gasteiger partial charge >= 0.3 is 6.03 Å². The Morgan fingerprint density at radius 1 is 1.25 bits per heavy atom. The molecule has 2 aromatic rings. The first kappa shape index (κ1) is 20.0. The van der Waals surface area contributed by atoms with Crippen LogP contribution in [-0.4, -0.2) is 36.0 Å². The van der Waals surface area contributed by atoms with Crippen molar-refractivity contribution < 1.29 is 14.0 Å². The minimum absolute atomic E-state index is 0.0117. The van der Waals surface area contributed by atoms with Crippen LogP contribution in [0.25, 0.3) is 0 Å². The van der Waals surface area contributed by atoms with Gasteiger partial charge in [-0.05, 0) is 63.4 Å². The Balaban J connectivity index is 1.63. The van der Waals surface area contributed by atoms with Crippen LogP contribution in [0.2, 0.25) is 0 Å². The van der Waals surface area contributed by atoms with Crippen molar-refractivity contribution in [3.8, 4) is 0 Å². The maximum Gasteiger partial charge on any atom is 0.317 e. The number of benzene rings is 1. The highest BCUT2D eigenvalue weighted by Gasteiger charge is 2.25. The Bertz CT molecular complexity index is 828. The standard InChI is InChI=1S/C22H29N3O3/c1-15(2)24-22(27)25-11-5-8-19(14-25)17-6-4-7-18(12-17)21(26)23-13-20-10-9-16(3)28-20/h4,6-7,9-10,12,15,19H,5,8,11,13-14H2,1-3H3,(H,23,26)(H,24,27)/t19-/m0/s1. The Morgan fingerprint density at radius 3 is 2.79 bits per heavy atom. The molecule has 0 unspecified atom stereocenters. The number of likely N-dealkylation sites (tertiary alicyclic amines) is 1. The van der Waals surface area contributed by atoms with E-state index in [4.69, 9.17) is 4.42 Å². The number of hydrogen-bond acceptors (Lipinski definition) is 3. The number of carbonyl (C=O) groups excluding carboxylic acids is 2. The summed E-state index contributed by atoms with van der Waals surface area (Å²) in [6, 6.07) is 11.6. The number of piperidine rings is 1. The summed E-state index contributed by atoms with van der Waals surface area (Å²) in [5, 5.41) is 5.86. The third kappa shape index (κ3) is 5.15. The monoisotopic (exact) mass is 383 g/mol. The highest BCUT2D eigenvalue weighted by Crippen LogP contribution is 2.27. The maximum atomic E-state index is 12.5. The Hall–Kier alpha value is -2.76. The van der Waals surface area contributed by atoms with Crippen LogP contribution >= 0.6 is 0 Å². The number of hydrogen-bond donors (Lipinski definition) is 2. The first-order valence-corrected chi connectivity index (χ1v) is 9.91. The number of carbonyl (C=O) groups is 2. The predicted octanol–water partition coefficient (Wildman–Crippen LogP) is 3.82. The van der Waals surface area contributed by atoms with E-state index in [2.05, 4.69) is 10.6 Å². The molecule has 6 nitrogen and oxygen atoms in total. The van der Waals surface area contributed by atoms with E-state index in [0.717, 1.165) is 36.5 Å². The molecule has 1 aromatic carbocycles. The lowest BCUT2D eigenvalue weighted by molar-refractivity contribution is 0.0947. The lowest BCUT2D eigenvalue weighted by Gasteiger charge is -2.33. The average molecular weight is 383 g/mol. The summed E-state index contributed by atoms with van der Waals surface area (Å²) in [4.78, 5) is 26.7. The zero-order valence-electron chi connectivity index (χ0n) is 16.8. The lowest BCUT2D eigenvalue weighted by Crippen LogP contribution is -2.47. The Morgan fingerprint density at radius 2 is 2.07 bits per heavy atom. The average Bonchev–Trinajstić information content (AvgIpc) is 3.11. The number of urea groups is 1. The van der Waals surface area contributed by atoms with Gasteiger partial charge in [0.2, 0.25) is 0 Å². The van der Waals surface area contributed by atoms with Gasteiger partial charge in [0.1, 0.15) is 11.5 Å². The molecule has 2 heterocycles. The first-order valence-electron chi connectivity index (χ1n) is 9.91. The molecule has 1 aromatic heterocycles. The number of nitrogens with zero attached hydrogens (tertiary/aromatic N) is 1. The molecule has 28 heavy (non-hydrogen) atoms. The highest BCUT2D eigenvalue weighted by atomic mass is 16.3. The molecule has 1 saturated heterocycles. The molecule has 0 radical (unpaired) electrons. The molecule has 1 aliphatic rings. The van der Waals surface area contributed by atoms with Gasteiger partial charge in [-0.1, -0.05) is 12.1 Å². The van der Waals surface area contributed by atoms with Crippen molar-refractivity contribution in [1.29, 1.82) is 0 Å². The molecular formula is C22H29N3O3. The van der Waals surface area contributed by atoms with Crippen molar-refractivity contribution in [3.05, 3.63) is 59.0 Å². The fourth-order valence-electron chi connectivity index (χ4n) is 3.56. The molecule has 3 amide bonds. The molecule has 3 rings (SSSR count). The number of nitrogens with one attached hydrogen (secondary N) is 2. The summed E-state index contributed by atoms with van der Waals surface area (Å²) in [5.74, 6) is 1.68.